The summed E-state index contributed by atoms with van der Waals surface area (Å²) < 4.78 is 16.8. The predicted octanol–water partition coefficient (Wildman–Crippen LogP) is 19.8. The molecule has 0 aromatic rings. The minimum atomic E-state index is -0.776. The van der Waals surface area contributed by atoms with Gasteiger partial charge in [-0.2, -0.15) is 0 Å². The molecule has 6 heteroatoms. The second-order valence-corrected chi connectivity index (χ2v) is 19.5. The summed E-state index contributed by atoms with van der Waals surface area (Å²) in [6.45, 7) is 6.47. The molecule has 1 atom stereocenters. The quantitative estimate of drug-likeness (QED) is 0.0262. The van der Waals surface area contributed by atoms with Crippen LogP contribution in [0.5, 0.6) is 0 Å². The second-order valence-electron chi connectivity index (χ2n) is 19.5. The van der Waals surface area contributed by atoms with Crippen LogP contribution in [0.1, 0.15) is 290 Å². The molecule has 0 saturated heterocycles. The van der Waals surface area contributed by atoms with Crippen LogP contribution in [-0.2, 0) is 28.6 Å². The van der Waals surface area contributed by atoms with Crippen LogP contribution in [0.4, 0.5) is 0 Å². The first-order chi connectivity index (χ1) is 34.0. The van der Waals surface area contributed by atoms with Crippen molar-refractivity contribution in [1.29, 1.82) is 0 Å². The van der Waals surface area contributed by atoms with Gasteiger partial charge in [0.15, 0.2) is 6.10 Å². The highest BCUT2D eigenvalue weighted by molar-refractivity contribution is 5.71. The topological polar surface area (TPSA) is 78.9 Å². The Bertz CT molecular complexity index is 1290. The number of unbranched alkanes of at least 4 members (excludes halogenated alkanes) is 30. The number of hydrogen-bond donors (Lipinski definition) is 0. The summed E-state index contributed by atoms with van der Waals surface area (Å²) in [5.41, 5.74) is 0. The predicted molar refractivity (Wildman–Crippen MR) is 298 cm³/mol. The molecule has 0 saturated carbocycles. The SMILES string of the molecule is CC/C=C\C/C=C\C/C=C\C/C=C\CCCCCCCCCCCCCCCCC(=O)OCC(COC(=O)CCCCCCCCC)OC(=O)CCCCCCCCC/C=C\C/C=C\CCCCC. The molecule has 0 N–H and O–H groups in total. The molecule has 0 aliphatic heterocycles. The van der Waals surface area contributed by atoms with E-state index in [4.69, 9.17) is 14.2 Å². The van der Waals surface area contributed by atoms with Gasteiger partial charge in [0.05, 0.1) is 0 Å². The third-order valence-electron chi connectivity index (χ3n) is 12.7. The van der Waals surface area contributed by atoms with Crippen molar-refractivity contribution in [3.8, 4) is 0 Å². The summed E-state index contributed by atoms with van der Waals surface area (Å²) in [6.07, 6.45) is 73.5. The van der Waals surface area contributed by atoms with Gasteiger partial charge in [0.2, 0.25) is 0 Å². The maximum atomic E-state index is 12.8. The average Bonchev–Trinajstić information content (AvgIpc) is 3.35. The van der Waals surface area contributed by atoms with E-state index in [1.165, 1.54) is 154 Å². The summed E-state index contributed by atoms with van der Waals surface area (Å²) in [6, 6.07) is 0. The molecule has 1 unspecified atom stereocenters. The molecule has 0 aliphatic carbocycles. The van der Waals surface area contributed by atoms with Crippen molar-refractivity contribution < 1.29 is 28.6 Å². The molecule has 0 amide bonds. The van der Waals surface area contributed by atoms with Gasteiger partial charge in [0.25, 0.3) is 0 Å². The lowest BCUT2D eigenvalue weighted by molar-refractivity contribution is -0.167. The number of allylic oxidation sites excluding steroid dienone is 12. The highest BCUT2D eigenvalue weighted by Gasteiger charge is 2.19. The van der Waals surface area contributed by atoms with E-state index in [9.17, 15) is 14.4 Å². The molecule has 0 rings (SSSR count). The molecule has 6 nitrogen and oxygen atoms in total. The van der Waals surface area contributed by atoms with E-state index in [0.29, 0.717) is 19.3 Å². The highest BCUT2D eigenvalue weighted by Crippen LogP contribution is 2.16. The van der Waals surface area contributed by atoms with Gasteiger partial charge in [-0.3, -0.25) is 14.4 Å². The van der Waals surface area contributed by atoms with Gasteiger partial charge in [-0.25, -0.2) is 0 Å². The van der Waals surface area contributed by atoms with Crippen molar-refractivity contribution in [2.75, 3.05) is 13.2 Å². The van der Waals surface area contributed by atoms with Gasteiger partial charge in [-0.05, 0) is 89.9 Å². The smallest absolute Gasteiger partial charge is 0.306 e. The van der Waals surface area contributed by atoms with Crippen molar-refractivity contribution in [1.82, 2.24) is 0 Å². The fraction of sp³-hybridized carbons (Fsp3) is 0.762. The number of carbonyl (C=O) groups is 3. The molecular weight excluding hydrogens is 853 g/mol. The lowest BCUT2D eigenvalue weighted by atomic mass is 10.0. The number of hydrogen-bond acceptors (Lipinski definition) is 6. The van der Waals surface area contributed by atoms with Crippen LogP contribution in [0.2, 0.25) is 0 Å². The maximum Gasteiger partial charge on any atom is 0.306 e. The first-order valence-electron chi connectivity index (χ1n) is 29.4. The Morgan fingerprint density at radius 2 is 0.565 bits per heavy atom. The molecule has 0 radical (unpaired) electrons. The Kier molecular flexibility index (Phi) is 54.8. The van der Waals surface area contributed by atoms with Crippen LogP contribution in [0, 0.1) is 0 Å². The minimum Gasteiger partial charge on any atom is -0.462 e. The summed E-state index contributed by atoms with van der Waals surface area (Å²) in [5.74, 6) is -0.883. The lowest BCUT2D eigenvalue weighted by Gasteiger charge is -2.18. The number of rotatable bonds is 53. The van der Waals surface area contributed by atoms with Gasteiger partial charge in [-0.15, -0.1) is 0 Å². The van der Waals surface area contributed by atoms with Gasteiger partial charge in [-0.1, -0.05) is 254 Å². The first-order valence-corrected chi connectivity index (χ1v) is 29.4. The third kappa shape index (κ3) is 55.6. The van der Waals surface area contributed by atoms with Crippen LogP contribution in [-0.4, -0.2) is 37.2 Å². The normalized spacial score (nSPS) is 12.6. The van der Waals surface area contributed by atoms with Crippen LogP contribution in [0.25, 0.3) is 0 Å². The first kappa shape index (κ1) is 65.8. The van der Waals surface area contributed by atoms with Crippen LogP contribution < -0.4 is 0 Å². The fourth-order valence-corrected chi connectivity index (χ4v) is 8.29. The molecule has 0 fully saturated rings. The Hall–Kier alpha value is -3.15. The molecule has 0 aromatic heterocycles. The Labute approximate surface area is 427 Å². The summed E-state index contributed by atoms with van der Waals surface area (Å²) >= 11 is 0. The summed E-state index contributed by atoms with van der Waals surface area (Å²) in [5, 5.41) is 0. The monoisotopic (exact) mass is 963 g/mol. The average molecular weight is 964 g/mol. The van der Waals surface area contributed by atoms with Crippen LogP contribution in [0.15, 0.2) is 72.9 Å². The summed E-state index contributed by atoms with van der Waals surface area (Å²) in [4.78, 5) is 38.0. The summed E-state index contributed by atoms with van der Waals surface area (Å²) in [7, 11) is 0. The zero-order valence-corrected chi connectivity index (χ0v) is 45.6. The van der Waals surface area contributed by atoms with E-state index < -0.39 is 6.10 Å². The number of carbonyl (C=O) groups excluding carboxylic acids is 3. The molecule has 0 spiro atoms. The largest absolute Gasteiger partial charge is 0.462 e. The third-order valence-corrected chi connectivity index (χ3v) is 12.7. The molecule has 0 aliphatic rings. The molecule has 0 aromatic carbocycles. The standard InChI is InChI=1S/C63H110O6/c1-4-7-10-13-16-18-20-22-24-26-27-28-29-30-31-32-33-34-35-37-38-40-42-44-47-50-53-56-62(65)68-59-60(58-67-61(64)55-52-49-46-15-12-9-6-3)69-63(66)57-54-51-48-45-43-41-39-36-25-23-21-19-17-14-11-8-5-2/h7,10,16-19,22-25,27-28,60H,4-6,8-9,11-15,20-21,26,29-59H2,1-3H3/b10-7-,18-16-,19-17-,24-22-,25-23-,28-27-. The molecular formula is C63H110O6. The zero-order valence-electron chi connectivity index (χ0n) is 45.6. The zero-order chi connectivity index (χ0) is 50.0. The minimum absolute atomic E-state index is 0.0763. The van der Waals surface area contributed by atoms with Crippen molar-refractivity contribution in [3.05, 3.63) is 72.9 Å². The van der Waals surface area contributed by atoms with E-state index in [1.54, 1.807) is 0 Å². The van der Waals surface area contributed by atoms with Gasteiger partial charge < -0.3 is 14.2 Å². The molecule has 0 bridgehead atoms. The van der Waals surface area contributed by atoms with E-state index in [2.05, 4.69) is 93.7 Å². The Morgan fingerprint density at radius 3 is 0.913 bits per heavy atom. The van der Waals surface area contributed by atoms with Crippen LogP contribution >= 0.6 is 0 Å². The van der Waals surface area contributed by atoms with E-state index >= 15 is 0 Å². The van der Waals surface area contributed by atoms with Crippen molar-refractivity contribution in [3.63, 3.8) is 0 Å². The molecule has 0 heterocycles. The highest BCUT2D eigenvalue weighted by atomic mass is 16.6. The van der Waals surface area contributed by atoms with Crippen LogP contribution in [0.3, 0.4) is 0 Å². The number of esters is 3. The fourth-order valence-electron chi connectivity index (χ4n) is 8.29. The van der Waals surface area contributed by atoms with E-state index in [-0.39, 0.29) is 31.1 Å². The van der Waals surface area contributed by atoms with Crippen molar-refractivity contribution in [2.45, 2.75) is 297 Å². The molecule has 398 valence electrons. The maximum absolute atomic E-state index is 12.8. The van der Waals surface area contributed by atoms with Crippen molar-refractivity contribution in [2.24, 2.45) is 0 Å². The number of ether oxygens (including phenoxy) is 3. The Balaban J connectivity index is 4.12. The van der Waals surface area contributed by atoms with E-state index in [1.807, 2.05) is 0 Å². The van der Waals surface area contributed by atoms with Gasteiger partial charge >= 0.3 is 17.9 Å². The van der Waals surface area contributed by atoms with Gasteiger partial charge in [0, 0.05) is 19.3 Å². The van der Waals surface area contributed by atoms with E-state index in [0.717, 1.165) is 96.3 Å². The second kappa shape index (κ2) is 57.4. The lowest BCUT2D eigenvalue weighted by Crippen LogP contribution is -2.30. The Morgan fingerprint density at radius 1 is 0.304 bits per heavy atom. The van der Waals surface area contributed by atoms with Crippen molar-refractivity contribution >= 4 is 17.9 Å². The molecule has 69 heavy (non-hydrogen) atoms. The van der Waals surface area contributed by atoms with Gasteiger partial charge in [0.1, 0.15) is 13.2 Å².